The second-order valence-electron chi connectivity index (χ2n) is 5.62. The number of carboxylic acids is 1. The fourth-order valence-corrected chi connectivity index (χ4v) is 2.91. The largest absolute Gasteiger partial charge is 0.478 e. The summed E-state index contributed by atoms with van der Waals surface area (Å²) in [5.74, 6) is -1.06. The zero-order valence-electron chi connectivity index (χ0n) is 13.1. The number of hydrogen-bond donors (Lipinski definition) is 3. The molecule has 21 heavy (non-hydrogen) atoms. The standard InChI is InChI=1S/C15H27N3O3/c1-4-6-18(7-5-2)13-9-11(15(20)21)8-12(16)14(13)17-10(3)19/h9,12-14H,4-8,16H2,1-3H3,(H,17,19)(H,20,21)/t12-,13+,14+/m0/s1. The summed E-state index contributed by atoms with van der Waals surface area (Å²) in [7, 11) is 0. The van der Waals surface area contributed by atoms with Crippen LogP contribution < -0.4 is 11.1 Å². The molecule has 0 saturated carbocycles. The molecule has 0 spiro atoms. The van der Waals surface area contributed by atoms with Gasteiger partial charge in [-0.05, 0) is 32.4 Å². The Morgan fingerprint density at radius 1 is 1.38 bits per heavy atom. The molecule has 0 saturated heterocycles. The normalized spacial score (nSPS) is 25.6. The van der Waals surface area contributed by atoms with Crippen LogP contribution in [-0.4, -0.2) is 53.1 Å². The Morgan fingerprint density at radius 2 is 1.95 bits per heavy atom. The first kappa shape index (κ1) is 17.7. The Labute approximate surface area is 126 Å². The Balaban J connectivity index is 3.09. The highest BCUT2D eigenvalue weighted by atomic mass is 16.4. The maximum atomic E-state index is 11.4. The van der Waals surface area contributed by atoms with Crippen molar-refractivity contribution in [1.29, 1.82) is 0 Å². The van der Waals surface area contributed by atoms with E-state index in [1.807, 2.05) is 0 Å². The second-order valence-corrected chi connectivity index (χ2v) is 5.62. The van der Waals surface area contributed by atoms with Gasteiger partial charge >= 0.3 is 5.97 Å². The van der Waals surface area contributed by atoms with Crippen LogP contribution >= 0.6 is 0 Å². The lowest BCUT2D eigenvalue weighted by molar-refractivity contribution is -0.133. The van der Waals surface area contributed by atoms with E-state index in [-0.39, 0.29) is 30.5 Å². The molecule has 6 heteroatoms. The van der Waals surface area contributed by atoms with Crippen LogP contribution in [0.1, 0.15) is 40.0 Å². The third-order valence-corrected chi connectivity index (χ3v) is 3.74. The quantitative estimate of drug-likeness (QED) is 0.643. The zero-order valence-corrected chi connectivity index (χ0v) is 13.1. The van der Waals surface area contributed by atoms with Crippen LogP contribution in [0.15, 0.2) is 11.6 Å². The summed E-state index contributed by atoms with van der Waals surface area (Å²) in [6, 6.07) is -0.793. The lowest BCUT2D eigenvalue weighted by Gasteiger charge is -2.41. The molecule has 3 atom stereocenters. The van der Waals surface area contributed by atoms with E-state index in [4.69, 9.17) is 5.73 Å². The van der Waals surface area contributed by atoms with Crippen molar-refractivity contribution in [3.05, 3.63) is 11.6 Å². The molecular formula is C15H27N3O3. The topological polar surface area (TPSA) is 95.7 Å². The van der Waals surface area contributed by atoms with Gasteiger partial charge < -0.3 is 16.2 Å². The van der Waals surface area contributed by atoms with Crippen LogP contribution in [0.2, 0.25) is 0 Å². The van der Waals surface area contributed by atoms with Crippen LogP contribution in [0, 0.1) is 0 Å². The van der Waals surface area contributed by atoms with Crippen molar-refractivity contribution >= 4 is 11.9 Å². The first-order valence-corrected chi connectivity index (χ1v) is 7.61. The molecular weight excluding hydrogens is 270 g/mol. The number of carbonyl (C=O) groups is 2. The predicted octanol–water partition coefficient (Wildman–Crippen LogP) is 0.724. The van der Waals surface area contributed by atoms with Crippen LogP contribution in [0.5, 0.6) is 0 Å². The number of nitrogens with zero attached hydrogens (tertiary/aromatic N) is 1. The third kappa shape index (κ3) is 4.82. The highest BCUT2D eigenvalue weighted by Gasteiger charge is 2.36. The summed E-state index contributed by atoms with van der Waals surface area (Å²) in [5, 5.41) is 12.1. The second kappa shape index (κ2) is 8.14. The molecule has 1 amide bonds. The highest BCUT2D eigenvalue weighted by Crippen LogP contribution is 2.23. The van der Waals surface area contributed by atoms with E-state index in [9.17, 15) is 14.7 Å². The van der Waals surface area contributed by atoms with Crippen molar-refractivity contribution in [2.45, 2.75) is 58.2 Å². The van der Waals surface area contributed by atoms with Crippen molar-refractivity contribution < 1.29 is 14.7 Å². The minimum absolute atomic E-state index is 0.138. The van der Waals surface area contributed by atoms with Gasteiger partial charge in [0.15, 0.2) is 0 Å². The average molecular weight is 297 g/mol. The van der Waals surface area contributed by atoms with Crippen LogP contribution in [0.4, 0.5) is 0 Å². The average Bonchev–Trinajstić information content (AvgIpc) is 2.40. The van der Waals surface area contributed by atoms with E-state index in [1.165, 1.54) is 6.92 Å². The Kier molecular flexibility index (Phi) is 6.84. The molecule has 0 aliphatic heterocycles. The molecule has 4 N–H and O–H groups in total. The maximum absolute atomic E-state index is 11.4. The van der Waals surface area contributed by atoms with Gasteiger partial charge in [-0.25, -0.2) is 4.79 Å². The Hall–Kier alpha value is -1.40. The number of aliphatic carboxylic acids is 1. The first-order valence-electron chi connectivity index (χ1n) is 7.61. The fourth-order valence-electron chi connectivity index (χ4n) is 2.91. The molecule has 0 bridgehead atoms. The number of nitrogens with one attached hydrogen (secondary N) is 1. The van der Waals surface area contributed by atoms with Gasteiger partial charge in [0.25, 0.3) is 0 Å². The zero-order chi connectivity index (χ0) is 16.0. The molecule has 1 aliphatic carbocycles. The summed E-state index contributed by atoms with van der Waals surface area (Å²) >= 11 is 0. The van der Waals surface area contributed by atoms with E-state index in [0.717, 1.165) is 25.9 Å². The molecule has 0 aromatic heterocycles. The molecule has 0 aromatic rings. The van der Waals surface area contributed by atoms with Crippen molar-refractivity contribution in [3.8, 4) is 0 Å². The van der Waals surface area contributed by atoms with Gasteiger partial charge in [-0.1, -0.05) is 19.9 Å². The number of carboxylic acid groups (broad SMARTS) is 1. The molecule has 0 fully saturated rings. The van der Waals surface area contributed by atoms with Gasteiger partial charge in [0.1, 0.15) is 0 Å². The lowest BCUT2D eigenvalue weighted by atomic mass is 9.85. The minimum atomic E-state index is -0.926. The van der Waals surface area contributed by atoms with Gasteiger partial charge in [0, 0.05) is 18.5 Å². The van der Waals surface area contributed by atoms with Crippen LogP contribution in [0.25, 0.3) is 0 Å². The molecule has 6 nitrogen and oxygen atoms in total. The highest BCUT2D eigenvalue weighted by molar-refractivity contribution is 5.87. The molecule has 0 heterocycles. The lowest BCUT2D eigenvalue weighted by Crippen LogP contribution is -2.61. The first-order chi connectivity index (χ1) is 9.90. The molecule has 0 radical (unpaired) electrons. The van der Waals surface area contributed by atoms with Gasteiger partial charge in [0.05, 0.1) is 12.1 Å². The number of amides is 1. The number of carbonyl (C=O) groups excluding carboxylic acids is 1. The number of hydrogen-bond acceptors (Lipinski definition) is 4. The maximum Gasteiger partial charge on any atom is 0.331 e. The van der Waals surface area contributed by atoms with E-state index in [1.54, 1.807) is 6.08 Å². The minimum Gasteiger partial charge on any atom is -0.478 e. The molecule has 1 aliphatic rings. The third-order valence-electron chi connectivity index (χ3n) is 3.74. The van der Waals surface area contributed by atoms with Crippen LogP contribution in [0.3, 0.4) is 0 Å². The van der Waals surface area contributed by atoms with Gasteiger partial charge in [0.2, 0.25) is 5.91 Å². The summed E-state index contributed by atoms with van der Waals surface area (Å²) in [5.41, 5.74) is 6.47. The predicted molar refractivity (Wildman–Crippen MR) is 81.9 cm³/mol. The molecule has 120 valence electrons. The van der Waals surface area contributed by atoms with E-state index in [0.29, 0.717) is 5.57 Å². The van der Waals surface area contributed by atoms with E-state index in [2.05, 4.69) is 24.1 Å². The molecule has 0 unspecified atom stereocenters. The van der Waals surface area contributed by atoms with Gasteiger partial charge in [-0.15, -0.1) is 0 Å². The summed E-state index contributed by atoms with van der Waals surface area (Å²) < 4.78 is 0. The van der Waals surface area contributed by atoms with Gasteiger partial charge in [-0.2, -0.15) is 0 Å². The van der Waals surface area contributed by atoms with Crippen LogP contribution in [-0.2, 0) is 9.59 Å². The SMILES string of the molecule is CCCN(CCC)[C@@H]1C=C(C(=O)O)C[C@H](N)[C@H]1NC(C)=O. The molecule has 0 aromatic carbocycles. The summed E-state index contributed by atoms with van der Waals surface area (Å²) in [6.07, 6.45) is 3.98. The number of nitrogens with two attached hydrogens (primary N) is 1. The Bertz CT molecular complexity index is 403. The Morgan fingerprint density at radius 3 is 2.38 bits per heavy atom. The smallest absolute Gasteiger partial charge is 0.331 e. The molecule has 1 rings (SSSR count). The fraction of sp³-hybridized carbons (Fsp3) is 0.733. The number of rotatable bonds is 7. The van der Waals surface area contributed by atoms with Crippen molar-refractivity contribution in [3.63, 3.8) is 0 Å². The summed E-state index contributed by atoms with van der Waals surface area (Å²) in [6.45, 7) is 7.33. The van der Waals surface area contributed by atoms with E-state index < -0.39 is 5.97 Å². The van der Waals surface area contributed by atoms with Gasteiger partial charge in [-0.3, -0.25) is 9.69 Å². The summed E-state index contributed by atoms with van der Waals surface area (Å²) in [4.78, 5) is 24.9. The van der Waals surface area contributed by atoms with Crippen molar-refractivity contribution in [2.24, 2.45) is 5.73 Å². The monoisotopic (exact) mass is 297 g/mol. The van der Waals surface area contributed by atoms with Crippen molar-refractivity contribution in [2.75, 3.05) is 13.1 Å². The van der Waals surface area contributed by atoms with E-state index >= 15 is 0 Å². The van der Waals surface area contributed by atoms with Crippen molar-refractivity contribution in [1.82, 2.24) is 10.2 Å².